The minimum Gasteiger partial charge on any atom is -0.450 e. The summed E-state index contributed by atoms with van der Waals surface area (Å²) in [6.45, 7) is 4.29. The summed E-state index contributed by atoms with van der Waals surface area (Å²) in [6.07, 6.45) is 3.35. The van der Waals surface area contributed by atoms with Crippen LogP contribution >= 0.6 is 11.3 Å². The summed E-state index contributed by atoms with van der Waals surface area (Å²) in [5, 5.41) is 0.977. The molecule has 1 aliphatic rings. The molecule has 1 atom stereocenters. The molecular weight excluding hydrogens is 434 g/mol. The van der Waals surface area contributed by atoms with Crippen LogP contribution in [0.15, 0.2) is 76.2 Å². The fourth-order valence-electron chi connectivity index (χ4n) is 4.36. The lowest BCUT2D eigenvalue weighted by Gasteiger charge is -2.22. The van der Waals surface area contributed by atoms with Crippen LogP contribution in [0.2, 0.25) is 0 Å². The lowest BCUT2D eigenvalue weighted by atomic mass is 10.0. The lowest BCUT2D eigenvalue weighted by Crippen LogP contribution is -2.29. The molecule has 0 bridgehead atoms. The Morgan fingerprint density at radius 1 is 1.06 bits per heavy atom. The van der Waals surface area contributed by atoms with Gasteiger partial charge in [-0.25, -0.2) is 4.98 Å². The van der Waals surface area contributed by atoms with E-state index in [9.17, 15) is 9.59 Å². The van der Waals surface area contributed by atoms with Crippen molar-refractivity contribution in [1.82, 2.24) is 9.97 Å². The van der Waals surface area contributed by atoms with E-state index < -0.39 is 6.04 Å². The molecule has 0 radical (unpaired) electrons. The number of fused-ring (bicyclic) bond motifs is 3. The van der Waals surface area contributed by atoms with Gasteiger partial charge in [-0.2, -0.15) is 0 Å². The Hall–Kier alpha value is -3.84. The molecule has 0 saturated carbocycles. The van der Waals surface area contributed by atoms with Crippen molar-refractivity contribution in [2.75, 3.05) is 4.90 Å². The van der Waals surface area contributed by atoms with Gasteiger partial charge in [-0.15, -0.1) is 0 Å². The van der Waals surface area contributed by atoms with Gasteiger partial charge in [0.15, 0.2) is 10.6 Å². The molecule has 6 rings (SSSR count). The maximum Gasteiger partial charge on any atom is 0.297 e. The van der Waals surface area contributed by atoms with Crippen molar-refractivity contribution in [2.45, 2.75) is 25.8 Å². The van der Waals surface area contributed by atoms with Crippen molar-refractivity contribution in [3.63, 3.8) is 0 Å². The monoisotopic (exact) mass is 453 g/mol. The second-order valence-corrected chi connectivity index (χ2v) is 9.42. The first-order valence-corrected chi connectivity index (χ1v) is 11.5. The summed E-state index contributed by atoms with van der Waals surface area (Å²) < 4.78 is 6.99. The molecule has 5 aromatic rings. The molecule has 162 valence electrons. The van der Waals surface area contributed by atoms with E-state index in [4.69, 9.17) is 9.40 Å². The molecule has 1 aliphatic heterocycles. The van der Waals surface area contributed by atoms with Crippen LogP contribution in [0.4, 0.5) is 5.13 Å². The van der Waals surface area contributed by atoms with Crippen molar-refractivity contribution >= 4 is 43.6 Å². The van der Waals surface area contributed by atoms with Gasteiger partial charge in [-0.05, 0) is 47.4 Å². The number of nitrogens with zero attached hydrogens (tertiary/aromatic N) is 3. The van der Waals surface area contributed by atoms with Crippen molar-refractivity contribution < 1.29 is 9.21 Å². The van der Waals surface area contributed by atoms with Crippen molar-refractivity contribution in [3.8, 4) is 0 Å². The molecule has 0 unspecified atom stereocenters. The fraction of sp³-hybridized carbons (Fsp3) is 0.154. The number of hydrogen-bond acceptors (Lipinski definition) is 6. The minimum atomic E-state index is -0.660. The Balaban J connectivity index is 1.60. The number of pyridine rings is 1. The fourth-order valence-corrected chi connectivity index (χ4v) is 5.40. The van der Waals surface area contributed by atoms with Gasteiger partial charge in [-0.1, -0.05) is 49.4 Å². The van der Waals surface area contributed by atoms with E-state index in [1.54, 1.807) is 47.6 Å². The average Bonchev–Trinajstić information content (AvgIpc) is 3.38. The number of amides is 1. The largest absolute Gasteiger partial charge is 0.450 e. The summed E-state index contributed by atoms with van der Waals surface area (Å²) in [5.41, 5.74) is 3.27. The summed E-state index contributed by atoms with van der Waals surface area (Å²) in [7, 11) is 0. The number of benzene rings is 2. The van der Waals surface area contributed by atoms with Crippen molar-refractivity contribution in [1.29, 1.82) is 0 Å². The molecule has 0 saturated heterocycles. The smallest absolute Gasteiger partial charge is 0.297 e. The number of hydrogen-bond donors (Lipinski definition) is 0. The van der Waals surface area contributed by atoms with Gasteiger partial charge in [0.25, 0.3) is 5.91 Å². The number of para-hydroxylation sites is 1. The van der Waals surface area contributed by atoms with Crippen molar-refractivity contribution in [3.05, 3.63) is 99.7 Å². The lowest BCUT2D eigenvalue weighted by molar-refractivity contribution is 0.0971. The number of carbonyl (C=O) groups is 1. The molecule has 33 heavy (non-hydrogen) atoms. The molecule has 0 fully saturated rings. The van der Waals surface area contributed by atoms with Gasteiger partial charge in [-0.3, -0.25) is 19.5 Å². The first-order chi connectivity index (χ1) is 16.0. The summed E-state index contributed by atoms with van der Waals surface area (Å²) in [6, 6.07) is 16.2. The van der Waals surface area contributed by atoms with E-state index >= 15 is 0 Å². The van der Waals surface area contributed by atoms with E-state index in [0.717, 1.165) is 15.8 Å². The van der Waals surface area contributed by atoms with Crippen molar-refractivity contribution in [2.24, 2.45) is 0 Å². The topological polar surface area (TPSA) is 76.3 Å². The first-order valence-electron chi connectivity index (χ1n) is 10.7. The number of rotatable bonds is 3. The Morgan fingerprint density at radius 2 is 1.91 bits per heavy atom. The average molecular weight is 454 g/mol. The zero-order valence-corrected chi connectivity index (χ0v) is 18.8. The van der Waals surface area contributed by atoms with Crippen LogP contribution in [-0.2, 0) is 0 Å². The maximum atomic E-state index is 13.7. The van der Waals surface area contributed by atoms with E-state index in [2.05, 4.69) is 31.0 Å². The standard InChI is InChI=1S/C26H19N3O3S/c1-14(2)15-9-10-18-20(12-15)33-26(28-18)29-22(16-6-5-11-27-13-16)21-23(30)17-7-3-4-8-19(17)32-24(21)25(29)31/h3-14,22H,1-2H3/t22-/m1/s1. The van der Waals surface area contributed by atoms with Gasteiger partial charge in [0.05, 0.1) is 27.2 Å². The molecule has 0 N–H and O–H groups in total. The van der Waals surface area contributed by atoms with Crippen LogP contribution < -0.4 is 10.3 Å². The highest BCUT2D eigenvalue weighted by Crippen LogP contribution is 2.43. The van der Waals surface area contributed by atoms with Crippen LogP contribution in [0.3, 0.4) is 0 Å². The normalized spacial score (nSPS) is 15.7. The van der Waals surface area contributed by atoms with Gasteiger partial charge >= 0.3 is 0 Å². The van der Waals surface area contributed by atoms with E-state index in [0.29, 0.717) is 27.6 Å². The van der Waals surface area contributed by atoms with Gasteiger partial charge in [0.1, 0.15) is 5.58 Å². The molecule has 1 amide bonds. The van der Waals surface area contributed by atoms with Crippen LogP contribution in [0, 0.1) is 0 Å². The highest BCUT2D eigenvalue weighted by molar-refractivity contribution is 7.22. The zero-order chi connectivity index (χ0) is 22.7. The van der Waals surface area contributed by atoms with Gasteiger partial charge < -0.3 is 4.42 Å². The number of carbonyl (C=O) groups excluding carboxylic acids is 1. The predicted octanol–water partition coefficient (Wildman–Crippen LogP) is 5.67. The van der Waals surface area contributed by atoms with Crippen LogP contribution in [0.25, 0.3) is 21.2 Å². The van der Waals surface area contributed by atoms with E-state index in [1.165, 1.54) is 16.9 Å². The summed E-state index contributed by atoms with van der Waals surface area (Å²) in [4.78, 5) is 37.8. The Labute approximate surface area is 193 Å². The predicted molar refractivity (Wildman–Crippen MR) is 129 cm³/mol. The first kappa shape index (κ1) is 19.8. The third kappa shape index (κ3) is 3.00. The van der Waals surface area contributed by atoms with Crippen LogP contribution in [-0.4, -0.2) is 15.9 Å². The van der Waals surface area contributed by atoms with E-state index in [-0.39, 0.29) is 17.1 Å². The van der Waals surface area contributed by atoms with Gasteiger partial charge in [0.2, 0.25) is 5.76 Å². The quantitative estimate of drug-likeness (QED) is 0.352. The third-order valence-corrected chi connectivity index (χ3v) is 7.07. The molecule has 2 aromatic carbocycles. The van der Waals surface area contributed by atoms with Crippen LogP contribution in [0.1, 0.15) is 53.1 Å². The molecule has 3 aromatic heterocycles. The second-order valence-electron chi connectivity index (χ2n) is 8.41. The summed E-state index contributed by atoms with van der Waals surface area (Å²) >= 11 is 1.44. The molecule has 0 spiro atoms. The SMILES string of the molecule is CC(C)c1ccc2nc(N3C(=O)c4oc5ccccc5c(=O)c4[C@H]3c3cccnc3)sc2c1. The maximum absolute atomic E-state index is 13.7. The Kier molecular flexibility index (Phi) is 4.41. The van der Waals surface area contributed by atoms with Crippen LogP contribution in [0.5, 0.6) is 0 Å². The van der Waals surface area contributed by atoms with E-state index in [1.807, 2.05) is 12.1 Å². The third-order valence-electron chi connectivity index (χ3n) is 6.05. The Bertz CT molecular complexity index is 1600. The molecule has 0 aliphatic carbocycles. The highest BCUT2D eigenvalue weighted by Gasteiger charge is 2.45. The second kappa shape index (κ2) is 7.35. The molecule has 4 heterocycles. The molecule has 7 heteroatoms. The summed E-state index contributed by atoms with van der Waals surface area (Å²) in [5.74, 6) is 0.0783. The highest BCUT2D eigenvalue weighted by atomic mass is 32.1. The molecular formula is C26H19N3O3S. The van der Waals surface area contributed by atoms with Gasteiger partial charge in [0, 0.05) is 12.4 Å². The number of aromatic nitrogens is 2. The molecule has 6 nitrogen and oxygen atoms in total. The zero-order valence-electron chi connectivity index (χ0n) is 18.0. The minimum absolute atomic E-state index is 0.0645. The number of thiazole rings is 1. The number of anilines is 1. The Morgan fingerprint density at radius 3 is 2.70 bits per heavy atom.